The van der Waals surface area contributed by atoms with Gasteiger partial charge in [0.1, 0.15) is 5.75 Å². The SMILES string of the molecule is Cc1ccc(C(=O)NNC(N)=O)cc1O. The Hall–Kier alpha value is -2.24. The molecule has 6 nitrogen and oxygen atoms in total. The van der Waals surface area contributed by atoms with Gasteiger partial charge in [-0.1, -0.05) is 6.07 Å². The Labute approximate surface area is 86.1 Å². The maximum Gasteiger partial charge on any atom is 0.330 e. The number of hydrazine groups is 1. The lowest BCUT2D eigenvalue weighted by Gasteiger charge is -2.05. The molecule has 5 N–H and O–H groups in total. The van der Waals surface area contributed by atoms with Crippen LogP contribution in [0.3, 0.4) is 0 Å². The van der Waals surface area contributed by atoms with Crippen molar-refractivity contribution >= 4 is 11.9 Å². The molecule has 1 aromatic carbocycles. The van der Waals surface area contributed by atoms with Crippen molar-refractivity contribution in [3.05, 3.63) is 29.3 Å². The predicted molar refractivity (Wildman–Crippen MR) is 53.0 cm³/mol. The van der Waals surface area contributed by atoms with Crippen LogP contribution in [-0.2, 0) is 0 Å². The first-order valence-corrected chi connectivity index (χ1v) is 4.16. The molecule has 1 rings (SSSR count). The third-order valence-corrected chi connectivity index (χ3v) is 1.77. The number of urea groups is 1. The highest BCUT2D eigenvalue weighted by Gasteiger charge is 2.07. The topological polar surface area (TPSA) is 104 Å². The summed E-state index contributed by atoms with van der Waals surface area (Å²) in [5.74, 6) is -0.536. The van der Waals surface area contributed by atoms with Gasteiger partial charge in [0.05, 0.1) is 0 Å². The molecule has 3 amide bonds. The number of carbonyl (C=O) groups is 2. The maximum absolute atomic E-state index is 11.3. The zero-order valence-corrected chi connectivity index (χ0v) is 8.07. The van der Waals surface area contributed by atoms with Crippen LogP contribution < -0.4 is 16.6 Å². The van der Waals surface area contributed by atoms with Crippen molar-refractivity contribution in [2.75, 3.05) is 0 Å². The Morgan fingerprint density at radius 1 is 1.33 bits per heavy atom. The second kappa shape index (κ2) is 4.32. The molecule has 0 bridgehead atoms. The van der Waals surface area contributed by atoms with Crippen LogP contribution in [0.25, 0.3) is 0 Å². The zero-order valence-electron chi connectivity index (χ0n) is 8.07. The molecule has 0 heterocycles. The molecule has 0 fully saturated rings. The number of nitrogens with two attached hydrogens (primary N) is 1. The summed E-state index contributed by atoms with van der Waals surface area (Å²) in [4.78, 5) is 21.6. The Bertz CT molecular complexity index is 404. The normalized spacial score (nSPS) is 9.40. The van der Waals surface area contributed by atoms with Crippen LogP contribution in [0.15, 0.2) is 18.2 Å². The first-order chi connectivity index (χ1) is 7.00. The highest BCUT2D eigenvalue weighted by atomic mass is 16.3. The van der Waals surface area contributed by atoms with E-state index in [-0.39, 0.29) is 11.3 Å². The number of nitrogens with one attached hydrogen (secondary N) is 2. The number of hydrogen-bond donors (Lipinski definition) is 4. The lowest BCUT2D eigenvalue weighted by molar-refractivity contribution is 0.0937. The summed E-state index contributed by atoms with van der Waals surface area (Å²) >= 11 is 0. The smallest absolute Gasteiger partial charge is 0.330 e. The number of primary amides is 1. The van der Waals surface area contributed by atoms with E-state index in [0.717, 1.165) is 0 Å². The van der Waals surface area contributed by atoms with Gasteiger partial charge in [0.15, 0.2) is 0 Å². The van der Waals surface area contributed by atoms with Gasteiger partial charge in [-0.05, 0) is 24.6 Å². The largest absolute Gasteiger partial charge is 0.508 e. The lowest BCUT2D eigenvalue weighted by atomic mass is 10.1. The van der Waals surface area contributed by atoms with Gasteiger partial charge in [-0.25, -0.2) is 10.2 Å². The fraction of sp³-hybridized carbons (Fsp3) is 0.111. The maximum atomic E-state index is 11.3. The van der Waals surface area contributed by atoms with Gasteiger partial charge in [0.25, 0.3) is 5.91 Å². The van der Waals surface area contributed by atoms with Crippen LogP contribution in [0, 0.1) is 6.92 Å². The highest BCUT2D eigenvalue weighted by molar-refractivity contribution is 5.95. The number of phenolic OH excluding ortho intramolecular Hbond substituents is 1. The van der Waals surface area contributed by atoms with E-state index >= 15 is 0 Å². The molecule has 0 atom stereocenters. The molecule has 0 saturated heterocycles. The van der Waals surface area contributed by atoms with E-state index in [1.54, 1.807) is 13.0 Å². The van der Waals surface area contributed by atoms with Gasteiger partial charge >= 0.3 is 6.03 Å². The summed E-state index contributed by atoms with van der Waals surface area (Å²) in [5.41, 5.74) is 9.65. The van der Waals surface area contributed by atoms with Gasteiger partial charge in [0, 0.05) is 5.56 Å². The fourth-order valence-electron chi connectivity index (χ4n) is 0.941. The molecule has 0 saturated carbocycles. The molecule has 0 unspecified atom stereocenters. The summed E-state index contributed by atoms with van der Waals surface area (Å²) in [6.45, 7) is 1.71. The number of benzene rings is 1. The van der Waals surface area contributed by atoms with Gasteiger partial charge in [0.2, 0.25) is 0 Å². The Morgan fingerprint density at radius 2 is 2.00 bits per heavy atom. The van der Waals surface area contributed by atoms with Crippen LogP contribution in [0.5, 0.6) is 5.75 Å². The summed E-state index contributed by atoms with van der Waals surface area (Å²) < 4.78 is 0. The molecule has 0 spiro atoms. The molecule has 0 aromatic heterocycles. The molecular weight excluding hydrogens is 198 g/mol. The van der Waals surface area contributed by atoms with Gasteiger partial charge < -0.3 is 10.8 Å². The number of carbonyl (C=O) groups excluding carboxylic acids is 2. The Kier molecular flexibility index (Phi) is 3.12. The van der Waals surface area contributed by atoms with Crippen LogP contribution in [0.2, 0.25) is 0 Å². The molecule has 0 radical (unpaired) electrons. The minimum absolute atomic E-state index is 0.0155. The Balaban J connectivity index is 2.74. The monoisotopic (exact) mass is 209 g/mol. The van der Waals surface area contributed by atoms with Gasteiger partial charge in [-0.3, -0.25) is 10.2 Å². The number of rotatable bonds is 1. The number of amides is 3. The second-order valence-electron chi connectivity index (χ2n) is 2.94. The molecular formula is C9H11N3O3. The fourth-order valence-corrected chi connectivity index (χ4v) is 0.941. The van der Waals surface area contributed by atoms with E-state index in [4.69, 9.17) is 5.73 Å². The van der Waals surface area contributed by atoms with E-state index in [1.807, 2.05) is 5.43 Å². The van der Waals surface area contributed by atoms with Crippen molar-refractivity contribution in [1.29, 1.82) is 0 Å². The Morgan fingerprint density at radius 3 is 2.53 bits per heavy atom. The third-order valence-electron chi connectivity index (χ3n) is 1.77. The average Bonchev–Trinajstić information content (AvgIpc) is 2.18. The van der Waals surface area contributed by atoms with Crippen molar-refractivity contribution in [2.45, 2.75) is 6.92 Å². The van der Waals surface area contributed by atoms with Crippen LogP contribution in [0.4, 0.5) is 4.79 Å². The highest BCUT2D eigenvalue weighted by Crippen LogP contribution is 2.16. The first kappa shape index (κ1) is 10.8. The molecule has 6 heteroatoms. The summed E-state index contributed by atoms with van der Waals surface area (Å²) in [6, 6.07) is 3.55. The lowest BCUT2D eigenvalue weighted by Crippen LogP contribution is -2.44. The minimum atomic E-state index is -0.861. The van der Waals surface area contributed by atoms with Crippen molar-refractivity contribution in [3.63, 3.8) is 0 Å². The van der Waals surface area contributed by atoms with Crippen LogP contribution >= 0.6 is 0 Å². The van der Waals surface area contributed by atoms with Crippen molar-refractivity contribution in [2.24, 2.45) is 5.73 Å². The van der Waals surface area contributed by atoms with Gasteiger partial charge in [-0.15, -0.1) is 0 Å². The van der Waals surface area contributed by atoms with E-state index in [0.29, 0.717) is 5.56 Å². The quantitative estimate of drug-likeness (QED) is 0.490. The zero-order chi connectivity index (χ0) is 11.4. The first-order valence-electron chi connectivity index (χ1n) is 4.16. The molecule has 15 heavy (non-hydrogen) atoms. The molecule has 0 aliphatic carbocycles. The number of aryl methyl sites for hydroxylation is 1. The molecule has 80 valence electrons. The van der Waals surface area contributed by atoms with E-state index in [9.17, 15) is 14.7 Å². The van der Waals surface area contributed by atoms with Gasteiger partial charge in [-0.2, -0.15) is 0 Å². The van der Waals surface area contributed by atoms with Crippen molar-refractivity contribution in [1.82, 2.24) is 10.9 Å². The number of phenols is 1. The van der Waals surface area contributed by atoms with E-state index < -0.39 is 11.9 Å². The third kappa shape index (κ3) is 2.87. The standard InChI is InChI=1S/C9H11N3O3/c1-5-2-3-6(4-7(5)13)8(14)11-12-9(10)15/h2-4,13H,1H3,(H,11,14)(H3,10,12,15). The number of aromatic hydroxyl groups is 1. The predicted octanol–water partition coefficient (Wildman–Crippen LogP) is 0.0137. The van der Waals surface area contributed by atoms with Crippen molar-refractivity contribution in [3.8, 4) is 5.75 Å². The number of hydrogen-bond acceptors (Lipinski definition) is 3. The summed E-state index contributed by atoms with van der Waals surface area (Å²) in [6.07, 6.45) is 0. The molecule has 0 aliphatic rings. The summed E-state index contributed by atoms with van der Waals surface area (Å²) in [5, 5.41) is 9.33. The average molecular weight is 209 g/mol. The van der Waals surface area contributed by atoms with E-state index in [2.05, 4.69) is 5.43 Å². The molecule has 1 aromatic rings. The van der Waals surface area contributed by atoms with Crippen LogP contribution in [-0.4, -0.2) is 17.0 Å². The van der Waals surface area contributed by atoms with Crippen molar-refractivity contribution < 1.29 is 14.7 Å². The van der Waals surface area contributed by atoms with E-state index in [1.165, 1.54) is 12.1 Å². The minimum Gasteiger partial charge on any atom is -0.508 e. The second-order valence-corrected chi connectivity index (χ2v) is 2.94. The van der Waals surface area contributed by atoms with Crippen LogP contribution in [0.1, 0.15) is 15.9 Å². The summed E-state index contributed by atoms with van der Waals surface area (Å²) in [7, 11) is 0. The molecule has 0 aliphatic heterocycles.